The van der Waals surface area contributed by atoms with Crippen molar-refractivity contribution in [2.24, 2.45) is 0 Å². The number of benzene rings is 2. The van der Waals surface area contributed by atoms with Crippen molar-refractivity contribution in [1.82, 2.24) is 24.6 Å². The Morgan fingerprint density at radius 1 is 1.02 bits per heavy atom. The summed E-state index contributed by atoms with van der Waals surface area (Å²) in [5, 5.41) is 9.56. The minimum absolute atomic E-state index is 0.0640. The van der Waals surface area contributed by atoms with Gasteiger partial charge in [-0.1, -0.05) is 29.5 Å². The molecule has 0 spiro atoms. The van der Waals surface area contributed by atoms with E-state index in [-0.39, 0.29) is 24.6 Å². The standard InChI is InChI=1S/C30H31N5O5S/c1-20-7-10-23(11-8-20)35-28(25-5-3-15-38-25)31-32-30(35)41-16-4-6-27(36)33-13-14-34(21(2)18-33)29(37)22-9-12-24-26(17-22)40-19-39-24/h3,5,7-12,15,17,21H,4,6,13-14,16,18-19H2,1-2H3. The highest BCUT2D eigenvalue weighted by atomic mass is 32.2. The molecule has 1 fully saturated rings. The van der Waals surface area contributed by atoms with Gasteiger partial charge in [-0.25, -0.2) is 0 Å². The first-order chi connectivity index (χ1) is 20.0. The Labute approximate surface area is 242 Å². The molecule has 4 aromatic rings. The lowest BCUT2D eigenvalue weighted by Crippen LogP contribution is -2.55. The highest BCUT2D eigenvalue weighted by molar-refractivity contribution is 7.99. The summed E-state index contributed by atoms with van der Waals surface area (Å²) in [5.41, 5.74) is 2.68. The monoisotopic (exact) mass is 573 g/mol. The van der Waals surface area contributed by atoms with Crippen LogP contribution in [-0.4, -0.2) is 74.6 Å². The summed E-state index contributed by atoms with van der Waals surface area (Å²) < 4.78 is 18.4. The molecule has 10 nitrogen and oxygen atoms in total. The van der Waals surface area contributed by atoms with Gasteiger partial charge in [-0.2, -0.15) is 0 Å². The fourth-order valence-electron chi connectivity index (χ4n) is 5.08. The van der Waals surface area contributed by atoms with E-state index >= 15 is 0 Å². The second kappa shape index (κ2) is 11.7. The van der Waals surface area contributed by atoms with Gasteiger partial charge in [-0.05, 0) is 62.7 Å². The molecule has 2 amide bonds. The van der Waals surface area contributed by atoms with Crippen molar-refractivity contribution in [2.75, 3.05) is 32.2 Å². The van der Waals surface area contributed by atoms with E-state index in [0.29, 0.717) is 66.9 Å². The number of piperazine rings is 1. The van der Waals surface area contributed by atoms with Gasteiger partial charge in [0.25, 0.3) is 5.91 Å². The molecule has 4 heterocycles. The highest BCUT2D eigenvalue weighted by Gasteiger charge is 2.31. The van der Waals surface area contributed by atoms with Gasteiger partial charge in [0.1, 0.15) is 0 Å². The van der Waals surface area contributed by atoms with Crippen molar-refractivity contribution in [2.45, 2.75) is 37.9 Å². The first kappa shape index (κ1) is 26.9. The number of ether oxygens (including phenoxy) is 2. The molecule has 1 atom stereocenters. The average molecular weight is 574 g/mol. The molecule has 0 aliphatic carbocycles. The maximum Gasteiger partial charge on any atom is 0.254 e. The van der Waals surface area contributed by atoms with E-state index in [2.05, 4.69) is 22.3 Å². The summed E-state index contributed by atoms with van der Waals surface area (Å²) in [6, 6.07) is 17.0. The zero-order chi connectivity index (χ0) is 28.3. The van der Waals surface area contributed by atoms with Crippen LogP contribution in [0.2, 0.25) is 0 Å². The van der Waals surface area contributed by atoms with Crippen molar-refractivity contribution in [3.63, 3.8) is 0 Å². The Morgan fingerprint density at radius 3 is 2.63 bits per heavy atom. The Balaban J connectivity index is 1.03. The van der Waals surface area contributed by atoms with Crippen molar-refractivity contribution >= 4 is 23.6 Å². The molecule has 2 aliphatic heterocycles. The summed E-state index contributed by atoms with van der Waals surface area (Å²) in [6.45, 7) is 5.71. The largest absolute Gasteiger partial charge is 0.461 e. The van der Waals surface area contributed by atoms with Gasteiger partial charge in [-0.3, -0.25) is 14.2 Å². The normalized spacial score (nSPS) is 16.3. The summed E-state index contributed by atoms with van der Waals surface area (Å²) >= 11 is 1.57. The van der Waals surface area contributed by atoms with Gasteiger partial charge in [0, 0.05) is 49.1 Å². The van der Waals surface area contributed by atoms with E-state index in [1.165, 1.54) is 5.56 Å². The third-order valence-electron chi connectivity index (χ3n) is 7.29. The number of furan rings is 1. The maximum atomic E-state index is 13.2. The number of aromatic nitrogens is 3. The topological polar surface area (TPSA) is 103 Å². The Morgan fingerprint density at radius 2 is 1.85 bits per heavy atom. The van der Waals surface area contributed by atoms with E-state index in [1.807, 2.05) is 52.5 Å². The average Bonchev–Trinajstić information content (AvgIpc) is 3.76. The molecule has 1 saturated heterocycles. The molecule has 0 N–H and O–H groups in total. The predicted molar refractivity (Wildman–Crippen MR) is 153 cm³/mol. The summed E-state index contributed by atoms with van der Waals surface area (Å²) in [7, 11) is 0. The third-order valence-corrected chi connectivity index (χ3v) is 8.31. The Hall–Kier alpha value is -4.25. The zero-order valence-electron chi connectivity index (χ0n) is 23.0. The Kier molecular flexibility index (Phi) is 7.69. The predicted octanol–water partition coefficient (Wildman–Crippen LogP) is 4.81. The van der Waals surface area contributed by atoms with Gasteiger partial charge >= 0.3 is 0 Å². The van der Waals surface area contributed by atoms with Crippen LogP contribution in [0, 0.1) is 6.92 Å². The van der Waals surface area contributed by atoms with Crippen molar-refractivity contribution in [3.8, 4) is 28.8 Å². The molecule has 0 saturated carbocycles. The number of rotatable bonds is 8. The number of nitrogens with zero attached hydrogens (tertiary/aromatic N) is 5. The first-order valence-electron chi connectivity index (χ1n) is 13.7. The lowest BCUT2D eigenvalue weighted by Gasteiger charge is -2.40. The van der Waals surface area contributed by atoms with Crippen molar-refractivity contribution in [1.29, 1.82) is 0 Å². The summed E-state index contributed by atoms with van der Waals surface area (Å²) in [4.78, 5) is 29.9. The number of hydrogen-bond donors (Lipinski definition) is 0. The van der Waals surface area contributed by atoms with Gasteiger partial charge in [-0.15, -0.1) is 10.2 Å². The van der Waals surface area contributed by atoms with Crippen LogP contribution in [0.4, 0.5) is 0 Å². The van der Waals surface area contributed by atoms with Crippen LogP contribution in [0.3, 0.4) is 0 Å². The molecule has 0 radical (unpaired) electrons. The molecular weight excluding hydrogens is 542 g/mol. The quantitative estimate of drug-likeness (QED) is 0.219. The van der Waals surface area contributed by atoms with Crippen LogP contribution < -0.4 is 9.47 Å². The minimum Gasteiger partial charge on any atom is -0.461 e. The third kappa shape index (κ3) is 5.67. The van der Waals surface area contributed by atoms with E-state index in [9.17, 15) is 9.59 Å². The van der Waals surface area contributed by atoms with Crippen LogP contribution in [-0.2, 0) is 4.79 Å². The van der Waals surface area contributed by atoms with E-state index < -0.39 is 0 Å². The second-order valence-corrected chi connectivity index (χ2v) is 11.2. The Bertz CT molecular complexity index is 1540. The van der Waals surface area contributed by atoms with Crippen LogP contribution in [0.5, 0.6) is 11.5 Å². The van der Waals surface area contributed by atoms with Crippen LogP contribution in [0.25, 0.3) is 17.3 Å². The first-order valence-corrected chi connectivity index (χ1v) is 14.6. The molecule has 41 heavy (non-hydrogen) atoms. The minimum atomic E-state index is -0.0897. The van der Waals surface area contributed by atoms with Crippen LogP contribution >= 0.6 is 11.8 Å². The summed E-state index contributed by atoms with van der Waals surface area (Å²) in [5.74, 6) is 3.27. The molecule has 212 valence electrons. The smallest absolute Gasteiger partial charge is 0.254 e. The summed E-state index contributed by atoms with van der Waals surface area (Å²) in [6.07, 6.45) is 2.75. The number of aryl methyl sites for hydroxylation is 1. The van der Waals surface area contributed by atoms with Crippen LogP contribution in [0.15, 0.2) is 70.4 Å². The number of carbonyl (C=O) groups excluding carboxylic acids is 2. The van der Waals surface area contributed by atoms with Crippen molar-refractivity contribution < 1.29 is 23.5 Å². The number of amides is 2. The number of carbonyl (C=O) groups is 2. The van der Waals surface area contributed by atoms with Gasteiger partial charge in [0.15, 0.2) is 22.4 Å². The SMILES string of the molecule is Cc1ccc(-n2c(SCCCC(=O)N3CCN(C(=O)c4ccc5c(c4)OCO5)C(C)C3)nnc2-c2ccco2)cc1. The fraction of sp³-hybridized carbons (Fsp3) is 0.333. The van der Waals surface area contributed by atoms with E-state index in [0.717, 1.165) is 10.8 Å². The van der Waals surface area contributed by atoms with Crippen LogP contribution in [0.1, 0.15) is 35.7 Å². The molecule has 11 heteroatoms. The highest BCUT2D eigenvalue weighted by Crippen LogP contribution is 2.33. The molecule has 1 unspecified atom stereocenters. The number of hydrogen-bond acceptors (Lipinski definition) is 8. The molecule has 2 aliphatic rings. The lowest BCUT2D eigenvalue weighted by atomic mass is 10.1. The lowest BCUT2D eigenvalue weighted by molar-refractivity contribution is -0.133. The molecular formula is C30H31N5O5S. The molecule has 2 aromatic carbocycles. The maximum absolute atomic E-state index is 13.2. The fourth-order valence-corrected chi connectivity index (χ4v) is 5.97. The zero-order valence-corrected chi connectivity index (χ0v) is 23.8. The van der Waals surface area contributed by atoms with E-state index in [1.54, 1.807) is 36.2 Å². The number of fused-ring (bicyclic) bond motifs is 1. The second-order valence-electron chi connectivity index (χ2n) is 10.2. The van der Waals surface area contributed by atoms with Gasteiger partial charge in [0.2, 0.25) is 18.5 Å². The molecule has 0 bridgehead atoms. The van der Waals surface area contributed by atoms with Gasteiger partial charge in [0.05, 0.1) is 6.26 Å². The van der Waals surface area contributed by atoms with E-state index in [4.69, 9.17) is 13.9 Å². The van der Waals surface area contributed by atoms with Gasteiger partial charge < -0.3 is 23.7 Å². The van der Waals surface area contributed by atoms with Crippen molar-refractivity contribution in [3.05, 3.63) is 72.0 Å². The number of thioether (sulfide) groups is 1. The molecule has 2 aromatic heterocycles. The molecule has 6 rings (SSSR count).